The lowest BCUT2D eigenvalue weighted by atomic mass is 10.1. The molecule has 1 aromatic heterocycles. The summed E-state index contributed by atoms with van der Waals surface area (Å²) >= 11 is 5.75. The molecule has 0 radical (unpaired) electrons. The molecule has 0 atom stereocenters. The fourth-order valence-electron chi connectivity index (χ4n) is 3.46. The lowest BCUT2D eigenvalue weighted by Crippen LogP contribution is -2.42. The Morgan fingerprint density at radius 1 is 1.00 bits per heavy atom. The molecule has 1 amide bonds. The average Bonchev–Trinajstić information content (AvgIpc) is 2.77. The van der Waals surface area contributed by atoms with Crippen molar-refractivity contribution in [1.29, 1.82) is 0 Å². The van der Waals surface area contributed by atoms with Crippen LogP contribution in [0.15, 0.2) is 76.3 Å². The Morgan fingerprint density at radius 2 is 1.72 bits per heavy atom. The molecule has 8 heteroatoms. The molecule has 0 spiro atoms. The third kappa shape index (κ3) is 4.33. The first kappa shape index (κ1) is 21.5. The molecule has 0 aliphatic rings. The second-order valence-electron chi connectivity index (χ2n) is 7.44. The number of anilines is 1. The summed E-state index contributed by atoms with van der Waals surface area (Å²) < 4.78 is 16.4. The summed E-state index contributed by atoms with van der Waals surface area (Å²) in [4.78, 5) is 38.9. The van der Waals surface area contributed by atoms with Gasteiger partial charge in [0.05, 0.1) is 23.1 Å². The third-order valence-electron chi connectivity index (χ3n) is 5.10. The van der Waals surface area contributed by atoms with Crippen LogP contribution in [0.4, 0.5) is 10.1 Å². The highest BCUT2D eigenvalue weighted by Crippen LogP contribution is 2.19. The maximum atomic E-state index is 14.1. The summed E-state index contributed by atoms with van der Waals surface area (Å²) in [5.41, 5.74) is 1.05. The van der Waals surface area contributed by atoms with Crippen molar-refractivity contribution in [3.05, 3.63) is 110 Å². The van der Waals surface area contributed by atoms with Crippen molar-refractivity contribution in [2.24, 2.45) is 0 Å². The number of hydrogen-bond acceptors (Lipinski definition) is 3. The molecule has 4 rings (SSSR count). The SMILES string of the molecule is Cc1ccc(Cn2c(=O)c3ccccc3n(CC(=O)Nc3ccc(Cl)cc3F)c2=O)cc1. The molecule has 1 N–H and O–H groups in total. The Balaban J connectivity index is 1.74. The first-order valence-corrected chi connectivity index (χ1v) is 10.2. The van der Waals surface area contributed by atoms with Gasteiger partial charge in [0.15, 0.2) is 0 Å². The standard InChI is InChI=1S/C24H19ClFN3O3/c1-15-6-8-16(9-7-15)13-29-23(31)18-4-2-3-5-21(18)28(24(29)32)14-22(30)27-20-11-10-17(25)12-19(20)26/h2-12H,13-14H2,1H3,(H,27,30). The average molecular weight is 452 g/mol. The van der Waals surface area contributed by atoms with E-state index in [1.54, 1.807) is 24.3 Å². The summed E-state index contributed by atoms with van der Waals surface area (Å²) in [6, 6.07) is 17.9. The van der Waals surface area contributed by atoms with Gasteiger partial charge in [-0.05, 0) is 42.8 Å². The van der Waals surface area contributed by atoms with E-state index in [4.69, 9.17) is 11.6 Å². The van der Waals surface area contributed by atoms with Gasteiger partial charge in [0.1, 0.15) is 12.4 Å². The number of fused-ring (bicyclic) bond motifs is 1. The smallest absolute Gasteiger partial charge is 0.322 e. The summed E-state index contributed by atoms with van der Waals surface area (Å²) in [5.74, 6) is -1.30. The highest BCUT2D eigenvalue weighted by molar-refractivity contribution is 6.30. The largest absolute Gasteiger partial charge is 0.332 e. The maximum Gasteiger partial charge on any atom is 0.332 e. The topological polar surface area (TPSA) is 73.1 Å². The molecule has 3 aromatic carbocycles. The van der Waals surface area contributed by atoms with Crippen LogP contribution in [-0.4, -0.2) is 15.0 Å². The second kappa shape index (κ2) is 8.80. The number of nitrogens with one attached hydrogen (secondary N) is 1. The third-order valence-corrected chi connectivity index (χ3v) is 5.34. The van der Waals surface area contributed by atoms with E-state index in [-0.39, 0.29) is 17.3 Å². The number of carbonyl (C=O) groups is 1. The first-order valence-electron chi connectivity index (χ1n) is 9.86. The van der Waals surface area contributed by atoms with Crippen LogP contribution in [0.25, 0.3) is 10.9 Å². The van der Waals surface area contributed by atoms with Crippen LogP contribution in [0, 0.1) is 12.7 Å². The number of rotatable bonds is 5. The lowest BCUT2D eigenvalue weighted by Gasteiger charge is -2.14. The number of carbonyl (C=O) groups excluding carboxylic acids is 1. The van der Waals surface area contributed by atoms with E-state index in [1.165, 1.54) is 16.7 Å². The second-order valence-corrected chi connectivity index (χ2v) is 7.87. The summed E-state index contributed by atoms with van der Waals surface area (Å²) in [7, 11) is 0. The van der Waals surface area contributed by atoms with E-state index in [2.05, 4.69) is 5.32 Å². The lowest BCUT2D eigenvalue weighted by molar-refractivity contribution is -0.116. The summed E-state index contributed by atoms with van der Waals surface area (Å²) in [5, 5.41) is 2.96. The molecular weight excluding hydrogens is 433 g/mol. The van der Waals surface area contributed by atoms with E-state index < -0.39 is 29.5 Å². The minimum atomic E-state index is -0.688. The minimum absolute atomic E-state index is 0.0512. The maximum absolute atomic E-state index is 14.1. The fraction of sp³-hybridized carbons (Fsp3) is 0.125. The Bertz CT molecular complexity index is 1440. The normalized spacial score (nSPS) is 11.0. The predicted octanol–water partition coefficient (Wildman–Crippen LogP) is 3.95. The van der Waals surface area contributed by atoms with Gasteiger partial charge in [0.2, 0.25) is 5.91 Å². The molecule has 32 heavy (non-hydrogen) atoms. The van der Waals surface area contributed by atoms with Crippen molar-refractivity contribution < 1.29 is 9.18 Å². The van der Waals surface area contributed by atoms with Crippen LogP contribution in [0.5, 0.6) is 0 Å². The predicted molar refractivity (Wildman–Crippen MR) is 123 cm³/mol. The molecule has 0 unspecified atom stereocenters. The number of benzene rings is 3. The van der Waals surface area contributed by atoms with Gasteiger partial charge in [-0.3, -0.25) is 18.7 Å². The van der Waals surface area contributed by atoms with Crippen LogP contribution in [0.3, 0.4) is 0 Å². The Kier molecular flexibility index (Phi) is 5.92. The molecule has 0 aliphatic heterocycles. The molecule has 4 aromatic rings. The number of aromatic nitrogens is 2. The number of nitrogens with zero attached hydrogens (tertiary/aromatic N) is 2. The van der Waals surface area contributed by atoms with Crippen LogP contribution in [-0.2, 0) is 17.9 Å². The number of amides is 1. The Hall–Kier alpha value is -3.71. The van der Waals surface area contributed by atoms with Crippen molar-refractivity contribution in [2.45, 2.75) is 20.0 Å². The van der Waals surface area contributed by atoms with Gasteiger partial charge < -0.3 is 5.32 Å². The monoisotopic (exact) mass is 451 g/mol. The van der Waals surface area contributed by atoms with Crippen molar-refractivity contribution >= 4 is 34.1 Å². The van der Waals surface area contributed by atoms with Gasteiger partial charge in [-0.2, -0.15) is 0 Å². The van der Waals surface area contributed by atoms with Crippen molar-refractivity contribution in [1.82, 2.24) is 9.13 Å². The molecule has 0 bridgehead atoms. The number of aryl methyl sites for hydroxylation is 1. The molecule has 0 aliphatic carbocycles. The van der Waals surface area contributed by atoms with Gasteiger partial charge in [-0.25, -0.2) is 9.18 Å². The van der Waals surface area contributed by atoms with E-state index in [0.717, 1.165) is 21.8 Å². The zero-order valence-corrected chi connectivity index (χ0v) is 17.9. The van der Waals surface area contributed by atoms with E-state index >= 15 is 0 Å². The number of para-hydroxylation sites is 1. The molecule has 6 nitrogen and oxygen atoms in total. The van der Waals surface area contributed by atoms with Crippen molar-refractivity contribution in [3.8, 4) is 0 Å². The van der Waals surface area contributed by atoms with E-state index in [9.17, 15) is 18.8 Å². The van der Waals surface area contributed by atoms with Crippen LogP contribution in [0.1, 0.15) is 11.1 Å². The van der Waals surface area contributed by atoms with Crippen molar-refractivity contribution in [3.63, 3.8) is 0 Å². The molecule has 0 saturated carbocycles. The van der Waals surface area contributed by atoms with Gasteiger partial charge >= 0.3 is 5.69 Å². The molecule has 162 valence electrons. The zero-order valence-electron chi connectivity index (χ0n) is 17.1. The molecule has 1 heterocycles. The Labute approximate surface area is 187 Å². The van der Waals surface area contributed by atoms with Crippen LogP contribution < -0.4 is 16.6 Å². The van der Waals surface area contributed by atoms with Crippen molar-refractivity contribution in [2.75, 3.05) is 5.32 Å². The fourth-order valence-corrected chi connectivity index (χ4v) is 3.62. The van der Waals surface area contributed by atoms with E-state index in [0.29, 0.717) is 10.9 Å². The zero-order chi connectivity index (χ0) is 22.8. The van der Waals surface area contributed by atoms with Crippen LogP contribution in [0.2, 0.25) is 5.02 Å². The van der Waals surface area contributed by atoms with Gasteiger partial charge in [0.25, 0.3) is 5.56 Å². The molecular formula is C24H19ClFN3O3. The highest BCUT2D eigenvalue weighted by atomic mass is 35.5. The number of hydrogen-bond donors (Lipinski definition) is 1. The first-order chi connectivity index (χ1) is 15.3. The summed E-state index contributed by atoms with van der Waals surface area (Å²) in [6.07, 6.45) is 0. The van der Waals surface area contributed by atoms with Gasteiger partial charge in [0, 0.05) is 5.02 Å². The van der Waals surface area contributed by atoms with Gasteiger partial charge in [-0.15, -0.1) is 0 Å². The summed E-state index contributed by atoms with van der Waals surface area (Å²) in [6.45, 7) is 1.62. The van der Waals surface area contributed by atoms with Crippen LogP contribution >= 0.6 is 11.6 Å². The van der Waals surface area contributed by atoms with Gasteiger partial charge in [-0.1, -0.05) is 53.6 Å². The highest BCUT2D eigenvalue weighted by Gasteiger charge is 2.16. The Morgan fingerprint density at radius 3 is 2.44 bits per heavy atom. The number of halogens is 2. The quantitative estimate of drug-likeness (QED) is 0.499. The van der Waals surface area contributed by atoms with E-state index in [1.807, 2.05) is 31.2 Å². The molecule has 0 saturated heterocycles. The molecule has 0 fully saturated rings. The minimum Gasteiger partial charge on any atom is -0.322 e.